The summed E-state index contributed by atoms with van der Waals surface area (Å²) in [5.74, 6) is 0.448. The van der Waals surface area contributed by atoms with Crippen LogP contribution in [0.25, 0.3) is 0 Å². The van der Waals surface area contributed by atoms with Gasteiger partial charge in [-0.25, -0.2) is 0 Å². The van der Waals surface area contributed by atoms with E-state index < -0.39 is 0 Å². The zero-order valence-electron chi connectivity index (χ0n) is 16.9. The highest BCUT2D eigenvalue weighted by Gasteiger charge is 2.30. The first kappa shape index (κ1) is 18.9. The quantitative estimate of drug-likeness (QED) is 0.849. The molecule has 28 heavy (non-hydrogen) atoms. The molecule has 2 N–H and O–H groups in total. The van der Waals surface area contributed by atoms with Gasteiger partial charge in [-0.1, -0.05) is 12.5 Å². The van der Waals surface area contributed by atoms with E-state index in [0.717, 1.165) is 31.6 Å². The highest BCUT2D eigenvalue weighted by Crippen LogP contribution is 2.24. The van der Waals surface area contributed by atoms with Gasteiger partial charge in [-0.3, -0.25) is 4.79 Å². The third-order valence-corrected chi connectivity index (χ3v) is 6.18. The Morgan fingerprint density at radius 1 is 1.04 bits per heavy atom. The molecule has 2 aliphatic rings. The Kier molecular flexibility index (Phi) is 5.62. The molecule has 3 heterocycles. The highest BCUT2D eigenvalue weighted by molar-refractivity contribution is 5.97. The fraction of sp³-hybridized carbons (Fsp3) is 0.571. The standard InChI is InChI=1S/C21H30N6O/c1-15-6-7-17(14-16(15)2)22-20-19(23-25-24-20)21(28)27-12-8-18(9-13-27)26-10-4-3-5-11-26/h6-7,14,18H,3-5,8-13H2,1-2H3,(H2,22,23,24,25). The van der Waals surface area contributed by atoms with E-state index in [1.54, 1.807) is 0 Å². The van der Waals surface area contributed by atoms with Gasteiger partial charge in [0, 0.05) is 24.8 Å². The topological polar surface area (TPSA) is 77.1 Å². The van der Waals surface area contributed by atoms with E-state index >= 15 is 0 Å². The van der Waals surface area contributed by atoms with E-state index in [0.29, 0.717) is 17.6 Å². The number of H-pyrrole nitrogens is 1. The fourth-order valence-corrected chi connectivity index (χ4v) is 4.29. The summed E-state index contributed by atoms with van der Waals surface area (Å²) in [6.07, 6.45) is 6.07. The summed E-state index contributed by atoms with van der Waals surface area (Å²) in [4.78, 5) is 17.6. The predicted molar refractivity (Wildman–Crippen MR) is 110 cm³/mol. The maximum absolute atomic E-state index is 13.0. The Balaban J connectivity index is 1.39. The zero-order valence-corrected chi connectivity index (χ0v) is 16.9. The van der Waals surface area contributed by atoms with Gasteiger partial charge in [0.15, 0.2) is 11.5 Å². The summed E-state index contributed by atoms with van der Waals surface area (Å²) in [5.41, 5.74) is 3.71. The van der Waals surface area contributed by atoms with Crippen molar-refractivity contribution in [3.05, 3.63) is 35.0 Å². The number of benzene rings is 1. The molecule has 150 valence electrons. The van der Waals surface area contributed by atoms with Crippen LogP contribution in [0.15, 0.2) is 18.2 Å². The minimum Gasteiger partial charge on any atom is -0.337 e. The summed E-state index contributed by atoms with van der Waals surface area (Å²) >= 11 is 0. The van der Waals surface area contributed by atoms with Gasteiger partial charge >= 0.3 is 0 Å². The molecule has 2 aromatic rings. The number of rotatable bonds is 4. The molecule has 0 bridgehead atoms. The first-order valence-electron chi connectivity index (χ1n) is 10.4. The number of nitrogens with zero attached hydrogens (tertiary/aromatic N) is 4. The Morgan fingerprint density at radius 2 is 1.79 bits per heavy atom. The lowest BCUT2D eigenvalue weighted by Gasteiger charge is -2.40. The molecular weight excluding hydrogens is 352 g/mol. The maximum atomic E-state index is 13.0. The van der Waals surface area contributed by atoms with Crippen LogP contribution in [-0.2, 0) is 0 Å². The molecule has 7 nitrogen and oxygen atoms in total. The van der Waals surface area contributed by atoms with Crippen molar-refractivity contribution in [1.82, 2.24) is 25.2 Å². The second kappa shape index (κ2) is 8.31. The van der Waals surface area contributed by atoms with Crippen molar-refractivity contribution in [2.45, 2.75) is 52.0 Å². The van der Waals surface area contributed by atoms with Gasteiger partial charge in [-0.2, -0.15) is 5.21 Å². The molecule has 2 fully saturated rings. The average molecular weight is 383 g/mol. The molecule has 4 rings (SSSR count). The van der Waals surface area contributed by atoms with E-state index in [1.807, 2.05) is 11.0 Å². The van der Waals surface area contributed by atoms with Crippen LogP contribution < -0.4 is 5.32 Å². The average Bonchev–Trinajstić information content (AvgIpc) is 3.19. The SMILES string of the molecule is Cc1ccc(Nc2n[nH]nc2C(=O)N2CCC(N3CCCCC3)CC2)cc1C. The second-order valence-electron chi connectivity index (χ2n) is 8.06. The first-order chi connectivity index (χ1) is 13.6. The molecule has 0 radical (unpaired) electrons. The molecule has 0 aliphatic carbocycles. The number of aromatic nitrogens is 3. The van der Waals surface area contributed by atoms with Gasteiger partial charge in [-0.05, 0) is 75.9 Å². The number of anilines is 2. The van der Waals surface area contributed by atoms with Gasteiger partial charge in [-0.15, -0.1) is 10.2 Å². The van der Waals surface area contributed by atoms with Crippen molar-refractivity contribution >= 4 is 17.4 Å². The Morgan fingerprint density at radius 3 is 2.50 bits per heavy atom. The minimum absolute atomic E-state index is 0.0443. The Labute approximate surface area is 166 Å². The van der Waals surface area contributed by atoms with Gasteiger partial charge in [0.05, 0.1) is 0 Å². The molecule has 0 spiro atoms. The van der Waals surface area contributed by atoms with Gasteiger partial charge < -0.3 is 15.1 Å². The molecule has 0 atom stereocenters. The summed E-state index contributed by atoms with van der Waals surface area (Å²) in [7, 11) is 0. The van der Waals surface area contributed by atoms with Crippen molar-refractivity contribution in [1.29, 1.82) is 0 Å². The summed E-state index contributed by atoms with van der Waals surface area (Å²) in [6, 6.07) is 6.73. The number of amides is 1. The fourth-order valence-electron chi connectivity index (χ4n) is 4.29. The summed E-state index contributed by atoms with van der Waals surface area (Å²) in [6.45, 7) is 8.16. The number of carbonyl (C=O) groups is 1. The van der Waals surface area contributed by atoms with Crippen molar-refractivity contribution in [3.63, 3.8) is 0 Å². The van der Waals surface area contributed by atoms with Crippen molar-refractivity contribution in [3.8, 4) is 0 Å². The van der Waals surface area contributed by atoms with Gasteiger partial charge in [0.2, 0.25) is 0 Å². The van der Waals surface area contributed by atoms with E-state index in [-0.39, 0.29) is 5.91 Å². The summed E-state index contributed by atoms with van der Waals surface area (Å²) in [5, 5.41) is 14.1. The number of aromatic amines is 1. The Bertz CT molecular complexity index is 818. The number of hydrogen-bond acceptors (Lipinski definition) is 5. The number of likely N-dealkylation sites (tertiary alicyclic amines) is 2. The maximum Gasteiger partial charge on any atom is 0.278 e. The largest absolute Gasteiger partial charge is 0.337 e. The van der Waals surface area contributed by atoms with Crippen molar-refractivity contribution in [2.75, 3.05) is 31.5 Å². The number of carbonyl (C=O) groups excluding carboxylic acids is 1. The van der Waals surface area contributed by atoms with Crippen LogP contribution in [0.3, 0.4) is 0 Å². The van der Waals surface area contributed by atoms with E-state index in [9.17, 15) is 4.79 Å². The number of aryl methyl sites for hydroxylation is 2. The van der Waals surface area contributed by atoms with Crippen LogP contribution in [0, 0.1) is 13.8 Å². The van der Waals surface area contributed by atoms with Crippen molar-refractivity contribution in [2.24, 2.45) is 0 Å². The molecule has 0 unspecified atom stereocenters. The van der Waals surface area contributed by atoms with Crippen LogP contribution in [0.4, 0.5) is 11.5 Å². The van der Waals surface area contributed by atoms with E-state index in [1.165, 1.54) is 43.5 Å². The van der Waals surface area contributed by atoms with Gasteiger partial charge in [0.1, 0.15) is 0 Å². The predicted octanol–water partition coefficient (Wildman–Crippen LogP) is 3.26. The lowest BCUT2D eigenvalue weighted by molar-refractivity contribution is 0.0585. The lowest BCUT2D eigenvalue weighted by Crippen LogP contribution is -2.48. The summed E-state index contributed by atoms with van der Waals surface area (Å²) < 4.78 is 0. The molecule has 7 heteroatoms. The normalized spacial score (nSPS) is 19.0. The van der Waals surface area contributed by atoms with Crippen LogP contribution in [-0.4, -0.2) is 63.3 Å². The zero-order chi connectivity index (χ0) is 19.5. The highest BCUT2D eigenvalue weighted by atomic mass is 16.2. The molecule has 1 aromatic heterocycles. The number of hydrogen-bond donors (Lipinski definition) is 2. The monoisotopic (exact) mass is 382 g/mol. The third-order valence-electron chi connectivity index (χ3n) is 6.18. The smallest absolute Gasteiger partial charge is 0.278 e. The molecular formula is C21H30N6O. The third kappa shape index (κ3) is 4.04. The minimum atomic E-state index is -0.0443. The number of piperidine rings is 2. The van der Waals surface area contributed by atoms with Crippen LogP contribution in [0.5, 0.6) is 0 Å². The molecule has 0 saturated carbocycles. The first-order valence-corrected chi connectivity index (χ1v) is 10.4. The number of nitrogens with one attached hydrogen (secondary N) is 2. The molecule has 1 amide bonds. The molecule has 1 aromatic carbocycles. The van der Waals surface area contributed by atoms with E-state index in [4.69, 9.17) is 0 Å². The van der Waals surface area contributed by atoms with Crippen LogP contribution >= 0.6 is 0 Å². The lowest BCUT2D eigenvalue weighted by atomic mass is 9.99. The molecule has 2 aliphatic heterocycles. The van der Waals surface area contributed by atoms with Crippen molar-refractivity contribution < 1.29 is 4.79 Å². The van der Waals surface area contributed by atoms with Crippen LogP contribution in [0.2, 0.25) is 0 Å². The van der Waals surface area contributed by atoms with Gasteiger partial charge in [0.25, 0.3) is 5.91 Å². The van der Waals surface area contributed by atoms with Crippen LogP contribution in [0.1, 0.15) is 53.7 Å². The molecule has 2 saturated heterocycles. The Hall–Kier alpha value is -2.41. The second-order valence-corrected chi connectivity index (χ2v) is 8.06. The van der Waals surface area contributed by atoms with E-state index in [2.05, 4.69) is 51.6 Å².